The van der Waals surface area contributed by atoms with Crippen molar-refractivity contribution in [3.05, 3.63) is 22.4 Å². The van der Waals surface area contributed by atoms with Gasteiger partial charge in [0.2, 0.25) is 0 Å². The van der Waals surface area contributed by atoms with E-state index in [1.165, 1.54) is 17.8 Å². The van der Waals surface area contributed by atoms with E-state index in [4.69, 9.17) is 5.73 Å². The fraction of sp³-hybridized carbons (Fsp3) is 0.583. The number of amides is 1. The van der Waals surface area contributed by atoms with Crippen LogP contribution < -0.4 is 5.73 Å². The van der Waals surface area contributed by atoms with Crippen molar-refractivity contribution in [2.75, 3.05) is 20.1 Å². The highest BCUT2D eigenvalue weighted by Gasteiger charge is 2.37. The van der Waals surface area contributed by atoms with Crippen molar-refractivity contribution in [1.29, 1.82) is 0 Å². The summed E-state index contributed by atoms with van der Waals surface area (Å²) in [6.45, 7) is 1.48. The lowest BCUT2D eigenvalue weighted by atomic mass is 9.68. The molecule has 1 aromatic rings. The maximum atomic E-state index is 12.0. The van der Waals surface area contributed by atoms with Crippen LogP contribution in [0.25, 0.3) is 0 Å². The molecule has 2 N–H and O–H groups in total. The van der Waals surface area contributed by atoms with Crippen LogP contribution in [0.5, 0.6) is 0 Å². The van der Waals surface area contributed by atoms with Gasteiger partial charge in [0.05, 0.1) is 4.88 Å². The lowest BCUT2D eigenvalue weighted by Gasteiger charge is -2.43. The Morgan fingerprint density at radius 1 is 1.62 bits per heavy atom. The lowest BCUT2D eigenvalue weighted by Crippen LogP contribution is -2.47. The van der Waals surface area contributed by atoms with Gasteiger partial charge in [-0.05, 0) is 30.8 Å². The third-order valence-electron chi connectivity index (χ3n) is 3.50. The molecule has 4 heteroatoms. The molecule has 2 rings (SSSR count). The largest absolute Gasteiger partial charge is 0.340 e. The Labute approximate surface area is 100 Å². The number of rotatable bonds is 4. The van der Waals surface area contributed by atoms with Gasteiger partial charge < -0.3 is 10.6 Å². The second-order valence-corrected chi connectivity index (χ2v) is 5.64. The molecule has 0 aromatic carbocycles. The van der Waals surface area contributed by atoms with Crippen LogP contribution in [0.4, 0.5) is 0 Å². The summed E-state index contributed by atoms with van der Waals surface area (Å²) in [5, 5.41) is 1.93. The van der Waals surface area contributed by atoms with Gasteiger partial charge in [0.1, 0.15) is 0 Å². The molecule has 1 aliphatic rings. The Kier molecular flexibility index (Phi) is 3.30. The van der Waals surface area contributed by atoms with Gasteiger partial charge in [-0.25, -0.2) is 0 Å². The molecule has 0 aliphatic heterocycles. The predicted molar refractivity (Wildman–Crippen MR) is 66.6 cm³/mol. The zero-order valence-corrected chi connectivity index (χ0v) is 10.4. The van der Waals surface area contributed by atoms with Crippen molar-refractivity contribution in [2.45, 2.75) is 19.3 Å². The van der Waals surface area contributed by atoms with Crippen LogP contribution >= 0.6 is 11.3 Å². The molecule has 0 bridgehead atoms. The van der Waals surface area contributed by atoms with E-state index in [-0.39, 0.29) is 11.3 Å². The second-order valence-electron chi connectivity index (χ2n) is 4.70. The van der Waals surface area contributed by atoms with Gasteiger partial charge in [0.15, 0.2) is 0 Å². The topological polar surface area (TPSA) is 46.3 Å². The Hall–Kier alpha value is -0.870. The Bertz CT molecular complexity index is 352. The molecule has 16 heavy (non-hydrogen) atoms. The van der Waals surface area contributed by atoms with Gasteiger partial charge in [-0.15, -0.1) is 11.3 Å². The molecule has 0 radical (unpaired) electrons. The maximum absolute atomic E-state index is 12.0. The second kappa shape index (κ2) is 4.55. The third kappa shape index (κ3) is 2.13. The summed E-state index contributed by atoms with van der Waals surface area (Å²) in [5.41, 5.74) is 6.00. The maximum Gasteiger partial charge on any atom is 0.263 e. The summed E-state index contributed by atoms with van der Waals surface area (Å²) < 4.78 is 0. The van der Waals surface area contributed by atoms with E-state index in [1.54, 1.807) is 0 Å². The molecule has 1 aliphatic carbocycles. The van der Waals surface area contributed by atoms with E-state index in [1.807, 2.05) is 29.5 Å². The summed E-state index contributed by atoms with van der Waals surface area (Å²) in [4.78, 5) is 14.7. The van der Waals surface area contributed by atoms with Crippen molar-refractivity contribution in [1.82, 2.24) is 4.90 Å². The first-order chi connectivity index (χ1) is 7.67. The van der Waals surface area contributed by atoms with Crippen molar-refractivity contribution in [2.24, 2.45) is 11.1 Å². The van der Waals surface area contributed by atoms with Gasteiger partial charge in [-0.3, -0.25) is 4.79 Å². The van der Waals surface area contributed by atoms with Gasteiger partial charge in [-0.2, -0.15) is 0 Å². The van der Waals surface area contributed by atoms with Crippen molar-refractivity contribution in [3.8, 4) is 0 Å². The molecular formula is C12H18N2OS. The number of carbonyl (C=O) groups excluding carboxylic acids is 1. The van der Waals surface area contributed by atoms with Crippen molar-refractivity contribution >= 4 is 17.2 Å². The summed E-state index contributed by atoms with van der Waals surface area (Å²) in [7, 11) is 1.87. The highest BCUT2D eigenvalue weighted by Crippen LogP contribution is 2.40. The van der Waals surface area contributed by atoms with Crippen LogP contribution in [0.15, 0.2) is 17.5 Å². The zero-order valence-electron chi connectivity index (χ0n) is 9.61. The van der Waals surface area contributed by atoms with E-state index >= 15 is 0 Å². The minimum Gasteiger partial charge on any atom is -0.340 e. The molecule has 0 spiro atoms. The third-order valence-corrected chi connectivity index (χ3v) is 4.36. The molecular weight excluding hydrogens is 220 g/mol. The summed E-state index contributed by atoms with van der Waals surface area (Å²) in [6.07, 6.45) is 3.56. The highest BCUT2D eigenvalue weighted by atomic mass is 32.1. The molecule has 1 heterocycles. The predicted octanol–water partition coefficient (Wildman–Crippen LogP) is 1.95. The summed E-state index contributed by atoms with van der Waals surface area (Å²) in [5.74, 6) is 0.120. The first kappa shape index (κ1) is 11.6. The SMILES string of the molecule is CN(CC1(CN)CCC1)C(=O)c1cccs1. The van der Waals surface area contributed by atoms with Crippen LogP contribution in [-0.4, -0.2) is 30.9 Å². The minimum atomic E-state index is 0.120. The lowest BCUT2D eigenvalue weighted by molar-refractivity contribution is 0.0572. The Balaban J connectivity index is 1.97. The van der Waals surface area contributed by atoms with E-state index in [2.05, 4.69) is 0 Å². The smallest absolute Gasteiger partial charge is 0.263 e. The van der Waals surface area contributed by atoms with Crippen molar-refractivity contribution < 1.29 is 4.79 Å². The normalized spacial score (nSPS) is 17.9. The quantitative estimate of drug-likeness (QED) is 0.871. The zero-order chi connectivity index (χ0) is 11.6. The van der Waals surface area contributed by atoms with E-state index in [9.17, 15) is 4.79 Å². The number of hydrogen-bond donors (Lipinski definition) is 1. The number of nitrogens with two attached hydrogens (primary N) is 1. The van der Waals surface area contributed by atoms with Gasteiger partial charge in [0.25, 0.3) is 5.91 Å². The molecule has 3 nitrogen and oxygen atoms in total. The summed E-state index contributed by atoms with van der Waals surface area (Å²) in [6, 6.07) is 3.78. The van der Waals surface area contributed by atoms with Gasteiger partial charge in [-0.1, -0.05) is 12.5 Å². The van der Waals surface area contributed by atoms with Crippen LogP contribution in [0.1, 0.15) is 28.9 Å². The number of thiophene rings is 1. The Morgan fingerprint density at radius 2 is 2.38 bits per heavy atom. The molecule has 0 saturated heterocycles. The molecule has 1 aromatic heterocycles. The van der Waals surface area contributed by atoms with Crippen LogP contribution in [0, 0.1) is 5.41 Å². The van der Waals surface area contributed by atoms with Crippen molar-refractivity contribution in [3.63, 3.8) is 0 Å². The number of carbonyl (C=O) groups is 1. The number of hydrogen-bond acceptors (Lipinski definition) is 3. The fourth-order valence-corrected chi connectivity index (χ4v) is 2.98. The molecule has 1 saturated carbocycles. The number of nitrogens with zero attached hydrogens (tertiary/aromatic N) is 1. The van der Waals surface area contributed by atoms with Crippen LogP contribution in [0.3, 0.4) is 0 Å². The first-order valence-corrected chi connectivity index (χ1v) is 6.54. The molecule has 0 unspecified atom stereocenters. The fourth-order valence-electron chi connectivity index (χ4n) is 2.27. The summed E-state index contributed by atoms with van der Waals surface area (Å²) >= 11 is 1.50. The van der Waals surface area contributed by atoms with Gasteiger partial charge >= 0.3 is 0 Å². The molecule has 1 fully saturated rings. The monoisotopic (exact) mass is 238 g/mol. The average Bonchev–Trinajstić information content (AvgIpc) is 2.75. The molecule has 1 amide bonds. The first-order valence-electron chi connectivity index (χ1n) is 5.66. The Morgan fingerprint density at radius 3 is 2.81 bits per heavy atom. The molecule has 88 valence electrons. The van der Waals surface area contributed by atoms with Gasteiger partial charge in [0, 0.05) is 19.0 Å². The standard InChI is InChI=1S/C12H18N2OS/c1-14(9-12(8-13)5-3-6-12)11(15)10-4-2-7-16-10/h2,4,7H,3,5-6,8-9,13H2,1H3. The highest BCUT2D eigenvalue weighted by molar-refractivity contribution is 7.12. The van der Waals surface area contributed by atoms with Crippen LogP contribution in [-0.2, 0) is 0 Å². The van der Waals surface area contributed by atoms with E-state index in [0.29, 0.717) is 6.54 Å². The van der Waals surface area contributed by atoms with E-state index in [0.717, 1.165) is 24.3 Å². The molecule has 0 atom stereocenters. The van der Waals surface area contributed by atoms with Crippen LogP contribution in [0.2, 0.25) is 0 Å². The minimum absolute atomic E-state index is 0.120. The van der Waals surface area contributed by atoms with E-state index < -0.39 is 0 Å². The average molecular weight is 238 g/mol.